The van der Waals surface area contributed by atoms with Crippen LogP contribution in [0.4, 0.5) is 0 Å². The molecule has 114 valence electrons. The van der Waals surface area contributed by atoms with Gasteiger partial charge in [-0.25, -0.2) is 13.6 Å². The zero-order valence-corrected chi connectivity index (χ0v) is 13.0. The van der Waals surface area contributed by atoms with Crippen molar-refractivity contribution in [3.63, 3.8) is 0 Å². The number of aryl methyl sites for hydroxylation is 1. The van der Waals surface area contributed by atoms with E-state index < -0.39 is 10.0 Å². The van der Waals surface area contributed by atoms with Crippen LogP contribution < -0.4 is 10.5 Å². The van der Waals surface area contributed by atoms with Gasteiger partial charge in [-0.2, -0.15) is 0 Å². The first-order valence-electron chi connectivity index (χ1n) is 6.87. The number of sulfonamides is 1. The normalized spacial score (nSPS) is 11.8. The summed E-state index contributed by atoms with van der Waals surface area (Å²) in [7, 11) is -3.80. The lowest BCUT2D eigenvalue weighted by molar-refractivity contribution is 0.0925. The third-order valence-corrected chi connectivity index (χ3v) is 4.10. The van der Waals surface area contributed by atoms with Crippen LogP contribution in [0.1, 0.15) is 50.5 Å². The van der Waals surface area contributed by atoms with Crippen LogP contribution in [0.2, 0.25) is 0 Å². The predicted octanol–water partition coefficient (Wildman–Crippen LogP) is 1.46. The van der Waals surface area contributed by atoms with Crippen molar-refractivity contribution >= 4 is 15.9 Å². The van der Waals surface area contributed by atoms with Crippen LogP contribution in [0.15, 0.2) is 17.2 Å². The lowest BCUT2D eigenvalue weighted by Gasteiger charge is -2.15. The van der Waals surface area contributed by atoms with Gasteiger partial charge >= 0.3 is 0 Å². The number of nitrogens with zero attached hydrogens (tertiary/aromatic N) is 1. The first-order valence-corrected chi connectivity index (χ1v) is 8.41. The van der Waals surface area contributed by atoms with Crippen molar-refractivity contribution in [2.24, 2.45) is 5.14 Å². The van der Waals surface area contributed by atoms with E-state index in [1.54, 1.807) is 4.57 Å². The quantitative estimate of drug-likeness (QED) is 0.798. The third-order valence-electron chi connectivity index (χ3n) is 3.22. The van der Waals surface area contributed by atoms with Crippen LogP contribution in [0.25, 0.3) is 0 Å². The van der Waals surface area contributed by atoms with Gasteiger partial charge in [0.1, 0.15) is 10.6 Å². The SMILES string of the molecule is CCCn1cc(S(N)(=O)=O)cc1C(=O)NC(CC)CC. The summed E-state index contributed by atoms with van der Waals surface area (Å²) in [6.07, 6.45) is 3.88. The third kappa shape index (κ3) is 4.08. The molecule has 0 aliphatic rings. The van der Waals surface area contributed by atoms with Crippen molar-refractivity contribution in [3.05, 3.63) is 18.0 Å². The lowest BCUT2D eigenvalue weighted by Crippen LogP contribution is -2.35. The molecular weight excluding hydrogens is 278 g/mol. The van der Waals surface area contributed by atoms with E-state index >= 15 is 0 Å². The fourth-order valence-electron chi connectivity index (χ4n) is 2.01. The number of carbonyl (C=O) groups is 1. The van der Waals surface area contributed by atoms with E-state index in [0.29, 0.717) is 12.2 Å². The molecule has 20 heavy (non-hydrogen) atoms. The number of primary sulfonamides is 1. The average Bonchev–Trinajstić information content (AvgIpc) is 2.80. The molecule has 0 radical (unpaired) electrons. The Morgan fingerprint density at radius 3 is 2.40 bits per heavy atom. The smallest absolute Gasteiger partial charge is 0.268 e. The van der Waals surface area contributed by atoms with Crippen LogP contribution in [0, 0.1) is 0 Å². The van der Waals surface area contributed by atoms with Crippen molar-refractivity contribution < 1.29 is 13.2 Å². The van der Waals surface area contributed by atoms with Gasteiger partial charge in [-0.1, -0.05) is 20.8 Å². The molecule has 0 aliphatic carbocycles. The van der Waals surface area contributed by atoms with Gasteiger partial charge in [-0.15, -0.1) is 0 Å². The maximum atomic E-state index is 12.2. The summed E-state index contributed by atoms with van der Waals surface area (Å²) < 4.78 is 24.4. The Labute approximate surface area is 120 Å². The monoisotopic (exact) mass is 301 g/mol. The second-order valence-electron chi connectivity index (χ2n) is 4.79. The van der Waals surface area contributed by atoms with Crippen LogP contribution in [0.3, 0.4) is 0 Å². The molecule has 0 saturated carbocycles. The van der Waals surface area contributed by atoms with Gasteiger partial charge in [-0.05, 0) is 25.3 Å². The maximum Gasteiger partial charge on any atom is 0.268 e. The highest BCUT2D eigenvalue weighted by atomic mass is 32.2. The first-order chi connectivity index (χ1) is 9.33. The van der Waals surface area contributed by atoms with Crippen LogP contribution in [-0.2, 0) is 16.6 Å². The standard InChI is InChI=1S/C13H23N3O3S/c1-4-7-16-9-11(20(14,18)19)8-12(16)13(17)15-10(5-2)6-3/h8-10H,4-7H2,1-3H3,(H,15,17)(H2,14,18,19). The zero-order chi connectivity index (χ0) is 15.3. The second kappa shape index (κ2) is 6.90. The van der Waals surface area contributed by atoms with E-state index in [1.807, 2.05) is 20.8 Å². The van der Waals surface area contributed by atoms with E-state index in [2.05, 4.69) is 5.32 Å². The molecular formula is C13H23N3O3S. The number of nitrogens with one attached hydrogen (secondary N) is 1. The van der Waals surface area contributed by atoms with E-state index in [0.717, 1.165) is 19.3 Å². The van der Waals surface area contributed by atoms with Crippen LogP contribution in [0.5, 0.6) is 0 Å². The molecule has 3 N–H and O–H groups in total. The van der Waals surface area contributed by atoms with Crippen LogP contribution in [-0.4, -0.2) is 24.9 Å². The molecule has 0 aliphatic heterocycles. The largest absolute Gasteiger partial charge is 0.348 e. The van der Waals surface area contributed by atoms with Gasteiger partial charge in [0.25, 0.3) is 5.91 Å². The molecule has 0 bridgehead atoms. The molecule has 0 spiro atoms. The van der Waals surface area contributed by atoms with Crippen molar-refractivity contribution in [1.29, 1.82) is 0 Å². The van der Waals surface area contributed by atoms with E-state index in [9.17, 15) is 13.2 Å². The van der Waals surface area contributed by atoms with Crippen molar-refractivity contribution in [3.8, 4) is 0 Å². The Morgan fingerprint density at radius 2 is 1.95 bits per heavy atom. The predicted molar refractivity (Wildman–Crippen MR) is 77.9 cm³/mol. The molecule has 0 atom stereocenters. The molecule has 1 rings (SSSR count). The zero-order valence-electron chi connectivity index (χ0n) is 12.2. The number of aromatic nitrogens is 1. The van der Waals surface area contributed by atoms with Crippen LogP contribution >= 0.6 is 0 Å². The maximum absolute atomic E-state index is 12.2. The molecule has 0 unspecified atom stereocenters. The Morgan fingerprint density at radius 1 is 1.35 bits per heavy atom. The molecule has 1 amide bonds. The highest BCUT2D eigenvalue weighted by Crippen LogP contribution is 2.14. The molecule has 1 heterocycles. The van der Waals surface area contributed by atoms with Gasteiger partial charge in [0.15, 0.2) is 0 Å². The molecule has 1 aromatic heterocycles. The summed E-state index contributed by atoms with van der Waals surface area (Å²) in [5.74, 6) is -0.262. The second-order valence-corrected chi connectivity index (χ2v) is 6.35. The van der Waals surface area contributed by atoms with Gasteiger partial charge in [0.05, 0.1) is 0 Å². The van der Waals surface area contributed by atoms with E-state index in [4.69, 9.17) is 5.14 Å². The molecule has 0 aromatic carbocycles. The topological polar surface area (TPSA) is 94.2 Å². The summed E-state index contributed by atoms with van der Waals surface area (Å²) in [5.41, 5.74) is 0.336. The van der Waals surface area contributed by atoms with Crippen molar-refractivity contribution in [1.82, 2.24) is 9.88 Å². The van der Waals surface area contributed by atoms with Gasteiger partial charge in [-0.3, -0.25) is 4.79 Å². The van der Waals surface area contributed by atoms with Gasteiger partial charge < -0.3 is 9.88 Å². The number of amides is 1. The fraction of sp³-hybridized carbons (Fsp3) is 0.615. The minimum Gasteiger partial charge on any atom is -0.348 e. The number of hydrogen-bond acceptors (Lipinski definition) is 3. The van der Waals surface area contributed by atoms with Crippen molar-refractivity contribution in [2.75, 3.05) is 0 Å². The summed E-state index contributed by atoms with van der Waals surface area (Å²) in [5, 5.41) is 8.02. The lowest BCUT2D eigenvalue weighted by atomic mass is 10.1. The molecule has 0 fully saturated rings. The summed E-state index contributed by atoms with van der Waals surface area (Å²) in [4.78, 5) is 12.2. The highest BCUT2D eigenvalue weighted by Gasteiger charge is 2.20. The summed E-state index contributed by atoms with van der Waals surface area (Å²) in [6.45, 7) is 6.52. The number of rotatable bonds is 7. The number of carbonyl (C=O) groups excluding carboxylic acids is 1. The van der Waals surface area contributed by atoms with Gasteiger partial charge in [0.2, 0.25) is 10.0 Å². The molecule has 7 heteroatoms. The Hall–Kier alpha value is -1.34. The molecule has 6 nitrogen and oxygen atoms in total. The van der Waals surface area contributed by atoms with Gasteiger partial charge in [0, 0.05) is 18.8 Å². The summed E-state index contributed by atoms with van der Waals surface area (Å²) in [6, 6.07) is 1.42. The molecule has 0 saturated heterocycles. The Balaban J connectivity index is 3.09. The number of hydrogen-bond donors (Lipinski definition) is 2. The average molecular weight is 301 g/mol. The number of nitrogens with two attached hydrogens (primary N) is 1. The fourth-order valence-corrected chi connectivity index (χ4v) is 2.56. The van der Waals surface area contributed by atoms with Crippen molar-refractivity contribution in [2.45, 2.75) is 57.5 Å². The summed E-state index contributed by atoms with van der Waals surface area (Å²) >= 11 is 0. The van der Waals surface area contributed by atoms with E-state index in [1.165, 1.54) is 12.3 Å². The highest BCUT2D eigenvalue weighted by molar-refractivity contribution is 7.89. The van der Waals surface area contributed by atoms with E-state index in [-0.39, 0.29) is 16.8 Å². The molecule has 1 aromatic rings. The Kier molecular flexibility index (Phi) is 5.76. The minimum absolute atomic E-state index is 0.0272. The Bertz CT molecular complexity index is 559. The first kappa shape index (κ1) is 16.7. The minimum atomic E-state index is -3.80.